The molecule has 4 nitrogen and oxygen atoms in total. The molecule has 1 saturated carbocycles. The predicted molar refractivity (Wildman–Crippen MR) is 71.1 cm³/mol. The maximum atomic E-state index is 10.5. The number of hydrogen-bond donors (Lipinski definition) is 1. The van der Waals surface area contributed by atoms with Gasteiger partial charge in [0.25, 0.3) is 0 Å². The summed E-state index contributed by atoms with van der Waals surface area (Å²) in [6.07, 6.45) is 12.0. The zero-order valence-electron chi connectivity index (χ0n) is 11.4. The minimum absolute atomic E-state index is 0.708. The van der Waals surface area contributed by atoms with Crippen LogP contribution < -0.4 is 0 Å². The molecular formula is C14H25N3O. The zero-order valence-corrected chi connectivity index (χ0v) is 11.4. The Balaban J connectivity index is 1.88. The maximum absolute atomic E-state index is 10.5. The van der Waals surface area contributed by atoms with Crippen molar-refractivity contribution < 1.29 is 5.11 Å². The molecule has 1 aliphatic carbocycles. The van der Waals surface area contributed by atoms with E-state index in [0.29, 0.717) is 0 Å². The fraction of sp³-hybridized carbons (Fsp3) is 0.857. The lowest BCUT2D eigenvalue weighted by Gasteiger charge is -2.29. The standard InChI is InChI=1S/C14H25N3O/c1-2-3-4-8-11-17-12-13(15-16-17)14(18)9-6-5-7-10-14/h12,18H,2-11H2,1H3. The van der Waals surface area contributed by atoms with Crippen LogP contribution >= 0.6 is 0 Å². The molecule has 0 saturated heterocycles. The fourth-order valence-electron chi connectivity index (χ4n) is 2.71. The van der Waals surface area contributed by atoms with Crippen LogP contribution in [0.1, 0.15) is 70.4 Å². The monoisotopic (exact) mass is 251 g/mol. The van der Waals surface area contributed by atoms with Gasteiger partial charge < -0.3 is 5.11 Å². The molecule has 1 aliphatic rings. The Kier molecular flexibility index (Phi) is 4.75. The molecule has 1 fully saturated rings. The summed E-state index contributed by atoms with van der Waals surface area (Å²) in [4.78, 5) is 0. The number of aromatic nitrogens is 3. The minimum atomic E-state index is -0.708. The van der Waals surface area contributed by atoms with Crippen molar-refractivity contribution in [3.63, 3.8) is 0 Å². The van der Waals surface area contributed by atoms with Crippen molar-refractivity contribution >= 4 is 0 Å². The van der Waals surface area contributed by atoms with E-state index in [1.54, 1.807) is 0 Å². The second kappa shape index (κ2) is 6.32. The van der Waals surface area contributed by atoms with Gasteiger partial charge >= 0.3 is 0 Å². The number of unbranched alkanes of at least 4 members (excludes halogenated alkanes) is 3. The Bertz CT molecular complexity index is 356. The van der Waals surface area contributed by atoms with Crippen molar-refractivity contribution in [3.8, 4) is 0 Å². The van der Waals surface area contributed by atoms with Gasteiger partial charge in [-0.05, 0) is 19.3 Å². The summed E-state index contributed by atoms with van der Waals surface area (Å²) in [5, 5.41) is 18.9. The van der Waals surface area contributed by atoms with Gasteiger partial charge in [-0.1, -0.05) is 50.7 Å². The molecule has 1 aromatic rings. The van der Waals surface area contributed by atoms with E-state index >= 15 is 0 Å². The summed E-state index contributed by atoms with van der Waals surface area (Å²) in [5.41, 5.74) is 0.0672. The van der Waals surface area contributed by atoms with Crippen LogP contribution in [0.25, 0.3) is 0 Å². The third-order valence-corrected chi connectivity index (χ3v) is 3.94. The molecule has 0 atom stereocenters. The van der Waals surface area contributed by atoms with Crippen molar-refractivity contribution in [1.82, 2.24) is 15.0 Å². The highest BCUT2D eigenvalue weighted by atomic mass is 16.3. The predicted octanol–water partition coefficient (Wildman–Crippen LogP) is 3.01. The van der Waals surface area contributed by atoms with E-state index in [1.807, 2.05) is 10.9 Å². The van der Waals surface area contributed by atoms with Gasteiger partial charge in [0.1, 0.15) is 11.3 Å². The van der Waals surface area contributed by atoms with E-state index in [9.17, 15) is 5.11 Å². The van der Waals surface area contributed by atoms with Crippen molar-refractivity contribution in [1.29, 1.82) is 0 Å². The van der Waals surface area contributed by atoms with E-state index in [2.05, 4.69) is 17.2 Å². The van der Waals surface area contributed by atoms with Gasteiger partial charge in [-0.3, -0.25) is 4.68 Å². The molecule has 1 aromatic heterocycles. The van der Waals surface area contributed by atoms with Crippen molar-refractivity contribution in [2.45, 2.75) is 76.9 Å². The normalized spacial score (nSPS) is 19.0. The zero-order chi connectivity index (χ0) is 12.8. The Morgan fingerprint density at radius 2 is 2.00 bits per heavy atom. The molecule has 0 radical (unpaired) electrons. The number of hydrogen-bond acceptors (Lipinski definition) is 3. The molecule has 0 aliphatic heterocycles. The van der Waals surface area contributed by atoms with Crippen LogP contribution in [-0.4, -0.2) is 20.1 Å². The average molecular weight is 251 g/mol. The number of aryl methyl sites for hydroxylation is 1. The first kappa shape index (κ1) is 13.5. The Morgan fingerprint density at radius 3 is 2.72 bits per heavy atom. The average Bonchev–Trinajstić information content (AvgIpc) is 2.85. The van der Waals surface area contributed by atoms with Crippen molar-refractivity contribution in [3.05, 3.63) is 11.9 Å². The molecule has 0 bridgehead atoms. The minimum Gasteiger partial charge on any atom is -0.383 e. The van der Waals surface area contributed by atoms with Gasteiger partial charge in [0.15, 0.2) is 0 Å². The number of aliphatic hydroxyl groups is 1. The van der Waals surface area contributed by atoms with Crippen LogP contribution in [0.4, 0.5) is 0 Å². The van der Waals surface area contributed by atoms with Crippen LogP contribution in [0.15, 0.2) is 6.20 Å². The fourth-order valence-corrected chi connectivity index (χ4v) is 2.71. The Hall–Kier alpha value is -0.900. The second-order valence-corrected chi connectivity index (χ2v) is 5.52. The van der Waals surface area contributed by atoms with Crippen molar-refractivity contribution in [2.24, 2.45) is 0 Å². The van der Waals surface area contributed by atoms with Crippen LogP contribution in [0.2, 0.25) is 0 Å². The van der Waals surface area contributed by atoms with Gasteiger partial charge in [0.2, 0.25) is 0 Å². The summed E-state index contributed by atoms with van der Waals surface area (Å²) >= 11 is 0. The molecule has 1 N–H and O–H groups in total. The SMILES string of the molecule is CCCCCCn1cc(C2(O)CCCCC2)nn1. The van der Waals surface area contributed by atoms with Gasteiger partial charge in [0.05, 0.1) is 6.20 Å². The third kappa shape index (κ3) is 3.31. The summed E-state index contributed by atoms with van der Waals surface area (Å²) in [6.45, 7) is 3.13. The van der Waals surface area contributed by atoms with Crippen LogP contribution in [0, 0.1) is 0 Å². The van der Waals surface area contributed by atoms with Crippen LogP contribution in [0.3, 0.4) is 0 Å². The van der Waals surface area contributed by atoms with Gasteiger partial charge in [-0.15, -0.1) is 5.10 Å². The first-order valence-corrected chi connectivity index (χ1v) is 7.37. The lowest BCUT2D eigenvalue weighted by molar-refractivity contribution is -0.00474. The molecule has 1 heterocycles. The van der Waals surface area contributed by atoms with Crippen molar-refractivity contribution in [2.75, 3.05) is 0 Å². The smallest absolute Gasteiger partial charge is 0.114 e. The quantitative estimate of drug-likeness (QED) is 0.791. The summed E-state index contributed by atoms with van der Waals surface area (Å²) in [7, 11) is 0. The Labute approximate surface area is 109 Å². The van der Waals surface area contributed by atoms with Gasteiger partial charge in [-0.2, -0.15) is 0 Å². The van der Waals surface area contributed by atoms with Gasteiger partial charge in [-0.25, -0.2) is 0 Å². The first-order valence-electron chi connectivity index (χ1n) is 7.37. The van der Waals surface area contributed by atoms with E-state index in [4.69, 9.17) is 0 Å². The molecule has 0 unspecified atom stereocenters. The highest BCUT2D eigenvalue weighted by molar-refractivity contribution is 5.07. The van der Waals surface area contributed by atoms with Crippen LogP contribution in [-0.2, 0) is 12.1 Å². The summed E-state index contributed by atoms with van der Waals surface area (Å²) in [5.74, 6) is 0. The lowest BCUT2D eigenvalue weighted by atomic mass is 9.83. The van der Waals surface area contributed by atoms with Gasteiger partial charge in [0, 0.05) is 6.54 Å². The highest BCUT2D eigenvalue weighted by Crippen LogP contribution is 2.35. The topological polar surface area (TPSA) is 50.9 Å². The molecule has 0 aromatic carbocycles. The van der Waals surface area contributed by atoms with E-state index < -0.39 is 5.60 Å². The Morgan fingerprint density at radius 1 is 1.22 bits per heavy atom. The number of rotatable bonds is 6. The molecule has 102 valence electrons. The molecule has 18 heavy (non-hydrogen) atoms. The van der Waals surface area contributed by atoms with Crippen LogP contribution in [0.5, 0.6) is 0 Å². The van der Waals surface area contributed by atoms with E-state index in [-0.39, 0.29) is 0 Å². The molecular weight excluding hydrogens is 226 g/mol. The molecule has 4 heteroatoms. The molecule has 0 amide bonds. The molecule has 2 rings (SSSR count). The second-order valence-electron chi connectivity index (χ2n) is 5.52. The lowest BCUT2D eigenvalue weighted by Crippen LogP contribution is -2.28. The van der Waals surface area contributed by atoms with E-state index in [1.165, 1.54) is 25.7 Å². The maximum Gasteiger partial charge on any atom is 0.114 e. The number of nitrogens with zero attached hydrogens (tertiary/aromatic N) is 3. The van der Waals surface area contributed by atoms with E-state index in [0.717, 1.165) is 44.3 Å². The first-order chi connectivity index (χ1) is 8.74. The third-order valence-electron chi connectivity index (χ3n) is 3.94. The summed E-state index contributed by atoms with van der Waals surface area (Å²) in [6, 6.07) is 0. The highest BCUT2D eigenvalue weighted by Gasteiger charge is 2.33. The molecule has 0 spiro atoms. The summed E-state index contributed by atoms with van der Waals surface area (Å²) < 4.78 is 1.89. The largest absolute Gasteiger partial charge is 0.383 e.